The maximum atomic E-state index is 12.3. The first-order valence-electron chi connectivity index (χ1n) is 5.45. The maximum Gasteiger partial charge on any atom is 0.443 e. The van der Waals surface area contributed by atoms with E-state index in [1.807, 2.05) is 0 Å². The number of hydrogen-bond acceptors (Lipinski definition) is 4. The molecular weight excluding hydrogens is 320 g/mol. The van der Waals surface area contributed by atoms with Gasteiger partial charge in [0.15, 0.2) is 5.01 Å². The highest BCUT2D eigenvalue weighted by atomic mass is 32.1. The first-order valence-corrected chi connectivity index (χ1v) is 6.33. The molecule has 0 amide bonds. The van der Waals surface area contributed by atoms with Crippen molar-refractivity contribution in [3.63, 3.8) is 0 Å². The summed E-state index contributed by atoms with van der Waals surface area (Å²) in [4.78, 5) is 6.61. The van der Waals surface area contributed by atoms with E-state index in [0.29, 0.717) is 11.3 Å². The van der Waals surface area contributed by atoms with Crippen LogP contribution in [0.1, 0.15) is 16.4 Å². The van der Waals surface area contributed by atoms with Crippen LogP contribution in [0.25, 0.3) is 0 Å². The maximum absolute atomic E-state index is 12.3. The number of aromatic nitrogens is 2. The van der Waals surface area contributed by atoms with E-state index < -0.39 is 23.1 Å². The number of pyridine rings is 1. The smallest absolute Gasteiger partial charge is 0.378 e. The Morgan fingerprint density at radius 2 is 1.76 bits per heavy atom. The van der Waals surface area contributed by atoms with E-state index in [0.717, 1.165) is 18.3 Å². The van der Waals surface area contributed by atoms with Gasteiger partial charge in [-0.05, 0) is 12.1 Å². The third-order valence-corrected chi connectivity index (χ3v) is 3.26. The highest BCUT2D eigenvalue weighted by Crippen LogP contribution is 2.32. The van der Waals surface area contributed by atoms with Crippen molar-refractivity contribution in [2.24, 2.45) is 0 Å². The van der Waals surface area contributed by atoms with E-state index in [9.17, 15) is 26.3 Å². The molecule has 0 unspecified atom stereocenters. The summed E-state index contributed by atoms with van der Waals surface area (Å²) in [5, 5.41) is 2.91. The van der Waals surface area contributed by atoms with E-state index >= 15 is 0 Å². The zero-order valence-corrected chi connectivity index (χ0v) is 10.9. The second-order valence-electron chi connectivity index (χ2n) is 3.93. The van der Waals surface area contributed by atoms with Crippen LogP contribution in [-0.2, 0) is 18.9 Å². The molecule has 114 valence electrons. The normalized spacial score (nSPS) is 12.5. The van der Waals surface area contributed by atoms with Crippen molar-refractivity contribution < 1.29 is 26.3 Å². The van der Waals surface area contributed by atoms with Crippen LogP contribution in [0.2, 0.25) is 0 Å². The van der Waals surface area contributed by atoms with E-state index in [1.54, 1.807) is 0 Å². The topological polar surface area (TPSA) is 37.8 Å². The van der Waals surface area contributed by atoms with Gasteiger partial charge in [-0.3, -0.25) is 0 Å². The number of rotatable bonds is 3. The second-order valence-corrected chi connectivity index (χ2v) is 4.78. The molecule has 0 saturated carbocycles. The Kier molecular flexibility index (Phi) is 4.08. The van der Waals surface area contributed by atoms with Gasteiger partial charge in [0.2, 0.25) is 0 Å². The van der Waals surface area contributed by atoms with Crippen LogP contribution in [0.4, 0.5) is 32.0 Å². The lowest BCUT2D eigenvalue weighted by Gasteiger charge is -2.07. The van der Waals surface area contributed by atoms with Gasteiger partial charge in [0, 0.05) is 5.38 Å². The van der Waals surface area contributed by atoms with Gasteiger partial charge in [-0.1, -0.05) is 0 Å². The average molecular weight is 327 g/mol. The fourth-order valence-corrected chi connectivity index (χ4v) is 2.06. The predicted molar refractivity (Wildman–Crippen MR) is 63.7 cm³/mol. The van der Waals surface area contributed by atoms with Gasteiger partial charge in [0.25, 0.3) is 0 Å². The largest absolute Gasteiger partial charge is 0.443 e. The molecule has 0 aromatic carbocycles. The minimum atomic E-state index is -4.53. The molecule has 2 aromatic rings. The van der Waals surface area contributed by atoms with Gasteiger partial charge < -0.3 is 5.32 Å². The Labute approximate surface area is 118 Å². The van der Waals surface area contributed by atoms with Gasteiger partial charge in [-0.15, -0.1) is 11.3 Å². The molecular formula is C11H7F6N3S. The standard InChI is InChI=1S/C11H7F6N3S/c12-10(13,14)8-2-1-6(3-19-8)18-4-7-5-21-9(20-7)11(15,16)17/h1-3,5,18H,4H2. The molecule has 0 aliphatic rings. The van der Waals surface area contributed by atoms with Crippen molar-refractivity contribution in [1.82, 2.24) is 9.97 Å². The first kappa shape index (κ1) is 15.5. The van der Waals surface area contributed by atoms with Crippen LogP contribution >= 0.6 is 11.3 Å². The van der Waals surface area contributed by atoms with Crippen LogP contribution in [0.3, 0.4) is 0 Å². The number of anilines is 1. The van der Waals surface area contributed by atoms with Crippen molar-refractivity contribution in [1.29, 1.82) is 0 Å². The van der Waals surface area contributed by atoms with Crippen molar-refractivity contribution in [3.8, 4) is 0 Å². The summed E-state index contributed by atoms with van der Waals surface area (Å²) in [6.07, 6.45) is -8.08. The molecule has 0 bridgehead atoms. The van der Waals surface area contributed by atoms with Gasteiger partial charge in [0.05, 0.1) is 24.1 Å². The van der Waals surface area contributed by atoms with Crippen molar-refractivity contribution >= 4 is 17.0 Å². The van der Waals surface area contributed by atoms with Gasteiger partial charge >= 0.3 is 12.4 Å². The Bertz CT molecular complexity index is 602. The van der Waals surface area contributed by atoms with E-state index in [1.165, 1.54) is 5.38 Å². The van der Waals surface area contributed by atoms with E-state index in [4.69, 9.17) is 0 Å². The highest BCUT2D eigenvalue weighted by molar-refractivity contribution is 7.09. The van der Waals surface area contributed by atoms with E-state index in [-0.39, 0.29) is 17.9 Å². The zero-order valence-electron chi connectivity index (χ0n) is 10.1. The lowest BCUT2D eigenvalue weighted by molar-refractivity contribution is -0.141. The van der Waals surface area contributed by atoms with Crippen molar-refractivity contribution in [3.05, 3.63) is 40.1 Å². The molecule has 0 saturated heterocycles. The summed E-state index contributed by atoms with van der Waals surface area (Å²) >= 11 is 0.457. The molecule has 2 aromatic heterocycles. The van der Waals surface area contributed by atoms with Crippen LogP contribution < -0.4 is 5.32 Å². The molecule has 0 aliphatic heterocycles. The molecule has 0 aliphatic carbocycles. The van der Waals surface area contributed by atoms with Crippen LogP contribution in [0.15, 0.2) is 23.7 Å². The number of alkyl halides is 6. The summed E-state index contributed by atoms with van der Waals surface area (Å²) < 4.78 is 73.9. The minimum Gasteiger partial charge on any atom is -0.378 e. The average Bonchev–Trinajstić information content (AvgIpc) is 2.84. The fraction of sp³-hybridized carbons (Fsp3) is 0.273. The Morgan fingerprint density at radius 1 is 1.05 bits per heavy atom. The number of nitrogens with zero attached hydrogens (tertiary/aromatic N) is 2. The van der Waals surface area contributed by atoms with Crippen LogP contribution in [0, 0.1) is 0 Å². The van der Waals surface area contributed by atoms with Gasteiger partial charge in [0.1, 0.15) is 5.69 Å². The lowest BCUT2D eigenvalue weighted by Crippen LogP contribution is -2.08. The Hall–Kier alpha value is -1.84. The Morgan fingerprint density at radius 3 is 2.24 bits per heavy atom. The summed E-state index contributed by atoms with van der Waals surface area (Å²) in [5.74, 6) is 0. The molecule has 21 heavy (non-hydrogen) atoms. The zero-order chi connectivity index (χ0) is 15.7. The number of thiazole rings is 1. The van der Waals surface area contributed by atoms with Crippen LogP contribution in [0.5, 0.6) is 0 Å². The fourth-order valence-electron chi connectivity index (χ4n) is 1.38. The summed E-state index contributed by atoms with van der Waals surface area (Å²) in [6, 6.07) is 1.93. The summed E-state index contributed by atoms with van der Waals surface area (Å²) in [6.45, 7) is -0.0420. The molecule has 0 fully saturated rings. The number of nitrogens with one attached hydrogen (secondary N) is 1. The molecule has 2 rings (SSSR count). The monoisotopic (exact) mass is 327 g/mol. The quantitative estimate of drug-likeness (QED) is 0.859. The third kappa shape index (κ3) is 4.06. The van der Waals surface area contributed by atoms with Gasteiger partial charge in [-0.25, -0.2) is 9.97 Å². The SMILES string of the molecule is FC(F)(F)c1ccc(NCc2csc(C(F)(F)F)n2)cn1. The number of hydrogen-bond donors (Lipinski definition) is 1. The van der Waals surface area contributed by atoms with Crippen LogP contribution in [-0.4, -0.2) is 9.97 Å². The molecule has 0 radical (unpaired) electrons. The molecule has 10 heteroatoms. The van der Waals surface area contributed by atoms with E-state index in [2.05, 4.69) is 15.3 Å². The summed E-state index contributed by atoms with van der Waals surface area (Å²) in [7, 11) is 0. The van der Waals surface area contributed by atoms with Crippen molar-refractivity contribution in [2.45, 2.75) is 18.9 Å². The molecule has 0 atom stereocenters. The van der Waals surface area contributed by atoms with Gasteiger partial charge in [-0.2, -0.15) is 26.3 Å². The Balaban J connectivity index is 1.99. The molecule has 0 spiro atoms. The predicted octanol–water partition coefficient (Wildman–Crippen LogP) is 4.19. The summed E-state index contributed by atoms with van der Waals surface area (Å²) in [5.41, 5.74) is -0.641. The molecule has 3 nitrogen and oxygen atoms in total. The minimum absolute atomic E-state index is 0.0420. The van der Waals surface area contributed by atoms with Crippen molar-refractivity contribution in [2.75, 3.05) is 5.32 Å². The number of halogens is 6. The second kappa shape index (κ2) is 5.51. The lowest BCUT2D eigenvalue weighted by atomic mass is 10.3. The molecule has 2 heterocycles. The molecule has 1 N–H and O–H groups in total. The third-order valence-electron chi connectivity index (χ3n) is 2.32. The first-order chi connectivity index (χ1) is 9.66. The highest BCUT2D eigenvalue weighted by Gasteiger charge is 2.34.